The van der Waals surface area contributed by atoms with Crippen molar-refractivity contribution in [1.82, 2.24) is 0 Å². The number of carbonyl (C=O) groups is 2. The lowest BCUT2D eigenvalue weighted by Crippen LogP contribution is -2.28. The molecule has 0 aromatic rings. The van der Waals surface area contributed by atoms with Crippen molar-refractivity contribution in [2.24, 2.45) is 16.2 Å². The van der Waals surface area contributed by atoms with E-state index < -0.39 is 5.41 Å². The third-order valence-corrected chi connectivity index (χ3v) is 3.64. The first-order valence-electron chi connectivity index (χ1n) is 8.04. The molecule has 1 aliphatic carbocycles. The minimum absolute atomic E-state index is 0.0734. The molecule has 0 amide bonds. The van der Waals surface area contributed by atoms with Crippen molar-refractivity contribution in [2.75, 3.05) is 0 Å². The van der Waals surface area contributed by atoms with Crippen LogP contribution in [0.1, 0.15) is 62.3 Å². The largest absolute Gasteiger partial charge is 0.433 e. The Labute approximate surface area is 140 Å². The Morgan fingerprint density at radius 1 is 0.870 bits per heavy atom. The predicted octanol–water partition coefficient (Wildman–Crippen LogP) is 4.99. The lowest BCUT2D eigenvalue weighted by atomic mass is 9.72. The Bertz CT molecular complexity index is 558. The van der Waals surface area contributed by atoms with E-state index in [1.165, 1.54) is 6.26 Å². The van der Waals surface area contributed by atoms with Crippen LogP contribution in [0.3, 0.4) is 0 Å². The molecule has 0 unspecified atom stereocenters. The number of ether oxygens (including phenoxy) is 1. The molecule has 0 spiro atoms. The quantitative estimate of drug-likeness (QED) is 0.505. The molecule has 0 saturated heterocycles. The van der Waals surface area contributed by atoms with Crippen LogP contribution in [0.5, 0.6) is 0 Å². The molecule has 0 heterocycles. The van der Waals surface area contributed by atoms with Gasteiger partial charge in [-0.25, -0.2) is 0 Å². The van der Waals surface area contributed by atoms with E-state index in [4.69, 9.17) is 4.74 Å². The van der Waals surface area contributed by atoms with Crippen LogP contribution in [-0.2, 0) is 14.3 Å². The highest BCUT2D eigenvalue weighted by Gasteiger charge is 2.34. The van der Waals surface area contributed by atoms with Crippen LogP contribution in [-0.4, -0.2) is 11.8 Å². The predicted molar refractivity (Wildman–Crippen MR) is 93.7 cm³/mol. The van der Waals surface area contributed by atoms with Gasteiger partial charge in [-0.05, 0) is 43.8 Å². The van der Waals surface area contributed by atoms with Crippen molar-refractivity contribution in [3.8, 4) is 0 Å². The van der Waals surface area contributed by atoms with Crippen LogP contribution in [0.15, 0.2) is 35.1 Å². The van der Waals surface area contributed by atoms with Crippen molar-refractivity contribution in [3.63, 3.8) is 0 Å². The monoisotopic (exact) mass is 318 g/mol. The summed E-state index contributed by atoms with van der Waals surface area (Å²) in [6.07, 6.45) is 5.11. The van der Waals surface area contributed by atoms with E-state index >= 15 is 0 Å². The normalized spacial score (nSPS) is 16.7. The highest BCUT2D eigenvalue weighted by atomic mass is 16.5. The van der Waals surface area contributed by atoms with Crippen LogP contribution in [0.25, 0.3) is 0 Å². The maximum Gasteiger partial charge on any atom is 0.316 e. The summed E-state index contributed by atoms with van der Waals surface area (Å²) in [4.78, 5) is 24.7. The summed E-state index contributed by atoms with van der Waals surface area (Å²) < 4.78 is 5.30. The van der Waals surface area contributed by atoms with E-state index in [0.717, 1.165) is 16.7 Å². The van der Waals surface area contributed by atoms with Crippen LogP contribution in [0.4, 0.5) is 0 Å². The van der Waals surface area contributed by atoms with E-state index in [9.17, 15) is 9.59 Å². The van der Waals surface area contributed by atoms with E-state index in [1.807, 2.05) is 74.5 Å². The number of ketones is 1. The van der Waals surface area contributed by atoms with Gasteiger partial charge in [0.1, 0.15) is 6.26 Å². The van der Waals surface area contributed by atoms with Crippen molar-refractivity contribution in [2.45, 2.75) is 62.3 Å². The number of hydrogen-bond donors (Lipinski definition) is 0. The fourth-order valence-electron chi connectivity index (χ4n) is 2.13. The summed E-state index contributed by atoms with van der Waals surface area (Å²) in [7, 11) is 0. The highest BCUT2D eigenvalue weighted by Crippen LogP contribution is 2.38. The van der Waals surface area contributed by atoms with Crippen LogP contribution < -0.4 is 0 Å². The second-order valence-corrected chi connectivity index (χ2v) is 9.22. The van der Waals surface area contributed by atoms with Crippen molar-refractivity contribution in [3.05, 3.63) is 35.1 Å². The molecular formula is C20H30O3. The Morgan fingerprint density at radius 3 is 1.57 bits per heavy atom. The van der Waals surface area contributed by atoms with Gasteiger partial charge in [0.15, 0.2) is 5.78 Å². The number of esters is 1. The number of carbonyl (C=O) groups excluding carboxylic acids is 2. The molecule has 1 rings (SSSR count). The summed E-state index contributed by atoms with van der Waals surface area (Å²) in [6, 6.07) is 0. The minimum Gasteiger partial charge on any atom is -0.433 e. The molecule has 0 saturated carbocycles. The van der Waals surface area contributed by atoms with Gasteiger partial charge in [0.25, 0.3) is 0 Å². The zero-order chi connectivity index (χ0) is 18.2. The molecule has 3 heteroatoms. The summed E-state index contributed by atoms with van der Waals surface area (Å²) in [6.45, 7) is 17.5. The van der Waals surface area contributed by atoms with Crippen molar-refractivity contribution < 1.29 is 14.3 Å². The van der Waals surface area contributed by atoms with Crippen molar-refractivity contribution in [1.29, 1.82) is 0 Å². The van der Waals surface area contributed by atoms with E-state index in [0.29, 0.717) is 0 Å². The molecule has 1 aliphatic rings. The van der Waals surface area contributed by atoms with Gasteiger partial charge in [-0.1, -0.05) is 41.5 Å². The van der Waals surface area contributed by atoms with Gasteiger partial charge < -0.3 is 4.74 Å². The standard InChI is InChI=1S/C20H30O3/c1-18(2,3)14-10-13(12-23-17(22)20(7,8)9)11-15(16(14)21)19(4,5)6/h10-12H,1-9H3. The first-order chi connectivity index (χ1) is 10.1. The molecule has 0 bridgehead atoms. The van der Waals surface area contributed by atoms with Gasteiger partial charge in [0.05, 0.1) is 5.41 Å². The van der Waals surface area contributed by atoms with Gasteiger partial charge in [0, 0.05) is 16.7 Å². The highest BCUT2D eigenvalue weighted by molar-refractivity contribution is 6.11. The lowest BCUT2D eigenvalue weighted by molar-refractivity contribution is -0.146. The molecule has 3 nitrogen and oxygen atoms in total. The van der Waals surface area contributed by atoms with Gasteiger partial charge in [-0.15, -0.1) is 0 Å². The topological polar surface area (TPSA) is 43.4 Å². The maximum absolute atomic E-state index is 12.8. The number of Topliss-reactive ketones (excluding diaryl/α,β-unsaturated/α-hetero) is 1. The Kier molecular flexibility index (Phi) is 5.15. The third kappa shape index (κ3) is 4.92. The molecule has 128 valence electrons. The molecule has 0 atom stereocenters. The fraction of sp³-hybridized carbons (Fsp3) is 0.600. The van der Waals surface area contributed by atoms with Crippen LogP contribution in [0, 0.1) is 16.2 Å². The number of allylic oxidation sites excluding steroid dienone is 5. The molecule has 0 aromatic carbocycles. The molecular weight excluding hydrogens is 288 g/mol. The van der Waals surface area contributed by atoms with Crippen LogP contribution in [0.2, 0.25) is 0 Å². The average molecular weight is 318 g/mol. The number of hydrogen-bond acceptors (Lipinski definition) is 3. The van der Waals surface area contributed by atoms with Gasteiger partial charge in [0.2, 0.25) is 0 Å². The van der Waals surface area contributed by atoms with E-state index in [1.54, 1.807) is 0 Å². The summed E-state index contributed by atoms with van der Waals surface area (Å²) in [5.41, 5.74) is 1.13. The third-order valence-electron chi connectivity index (χ3n) is 3.64. The average Bonchev–Trinajstić information content (AvgIpc) is 2.32. The fourth-order valence-corrected chi connectivity index (χ4v) is 2.13. The smallest absolute Gasteiger partial charge is 0.316 e. The Morgan fingerprint density at radius 2 is 1.26 bits per heavy atom. The first-order valence-corrected chi connectivity index (χ1v) is 8.04. The second kappa shape index (κ2) is 6.10. The molecule has 0 N–H and O–H groups in total. The second-order valence-electron chi connectivity index (χ2n) is 9.22. The van der Waals surface area contributed by atoms with Crippen molar-refractivity contribution >= 4 is 11.8 Å². The summed E-state index contributed by atoms with van der Waals surface area (Å²) >= 11 is 0. The van der Waals surface area contributed by atoms with E-state index in [2.05, 4.69) is 0 Å². The SMILES string of the molecule is CC(C)(C)C(=O)OC=C1C=C(C(C)(C)C)C(=O)C(C(C)(C)C)=C1. The minimum atomic E-state index is -0.561. The van der Waals surface area contributed by atoms with Crippen LogP contribution >= 0.6 is 0 Å². The molecule has 0 fully saturated rings. The Balaban J connectivity index is 3.29. The summed E-state index contributed by atoms with van der Waals surface area (Å²) in [5, 5.41) is 0. The molecule has 0 aliphatic heterocycles. The Hall–Kier alpha value is -1.64. The van der Waals surface area contributed by atoms with Gasteiger partial charge in [-0.3, -0.25) is 9.59 Å². The van der Waals surface area contributed by atoms with E-state index in [-0.39, 0.29) is 22.6 Å². The molecule has 23 heavy (non-hydrogen) atoms. The zero-order valence-corrected chi connectivity index (χ0v) is 16.0. The summed E-state index contributed by atoms with van der Waals surface area (Å²) in [5.74, 6) is -0.220. The zero-order valence-electron chi connectivity index (χ0n) is 16.0. The maximum atomic E-state index is 12.8. The first kappa shape index (κ1) is 19.4. The number of rotatable bonds is 1. The van der Waals surface area contributed by atoms with Gasteiger partial charge >= 0.3 is 5.97 Å². The molecule has 0 radical (unpaired) electrons. The molecule has 0 aromatic heterocycles. The lowest BCUT2D eigenvalue weighted by Gasteiger charge is -2.31. The van der Waals surface area contributed by atoms with Gasteiger partial charge in [-0.2, -0.15) is 0 Å².